The van der Waals surface area contributed by atoms with Gasteiger partial charge in [0.15, 0.2) is 11.6 Å². The number of hydrogen-bond donors (Lipinski definition) is 3. The molecule has 4 aromatic heterocycles. The summed E-state index contributed by atoms with van der Waals surface area (Å²) in [5, 5.41) is 20.7. The molecule has 5 heterocycles. The Balaban J connectivity index is 1.50. The van der Waals surface area contributed by atoms with Gasteiger partial charge in [-0.1, -0.05) is 6.07 Å². The molecular formula is C22H22FN7O2. The van der Waals surface area contributed by atoms with E-state index in [9.17, 15) is 9.50 Å². The first-order chi connectivity index (χ1) is 15.7. The smallest absolute Gasteiger partial charge is 0.200 e. The molecule has 0 amide bonds. The molecule has 1 fully saturated rings. The molecule has 0 radical (unpaired) electrons. The molecule has 0 bridgehead atoms. The molecule has 32 heavy (non-hydrogen) atoms. The Labute approximate surface area is 183 Å². The van der Waals surface area contributed by atoms with Crippen molar-refractivity contribution in [2.75, 3.05) is 31.7 Å². The van der Waals surface area contributed by atoms with Gasteiger partial charge in [0.05, 0.1) is 37.1 Å². The minimum absolute atomic E-state index is 0.0706. The molecule has 5 rings (SSSR count). The highest BCUT2D eigenvalue weighted by Crippen LogP contribution is 2.28. The fraction of sp³-hybridized carbons (Fsp3) is 0.273. The number of halogens is 1. The van der Waals surface area contributed by atoms with Gasteiger partial charge in [0, 0.05) is 31.7 Å². The standard InChI is InChI=1S/C22H22FN7O2/c23-16-10-24-7-4-17(16)27-21-19-15(9-25-11-22(12-31)13-32-14-22)5-8-30(19)29-20(28-21)18-3-1-2-6-26-18/h1-8,10,25,31H,9,11-14H2,(H,24,27,28,29). The van der Waals surface area contributed by atoms with Crippen molar-refractivity contribution in [3.05, 3.63) is 66.5 Å². The van der Waals surface area contributed by atoms with Crippen LogP contribution in [0.15, 0.2) is 55.1 Å². The minimum Gasteiger partial charge on any atom is -0.396 e. The van der Waals surface area contributed by atoms with Crippen molar-refractivity contribution in [3.63, 3.8) is 0 Å². The largest absolute Gasteiger partial charge is 0.396 e. The van der Waals surface area contributed by atoms with Crippen LogP contribution in [0.1, 0.15) is 5.56 Å². The number of hydrogen-bond acceptors (Lipinski definition) is 8. The Morgan fingerprint density at radius 1 is 1.19 bits per heavy atom. The van der Waals surface area contributed by atoms with Gasteiger partial charge in [-0.2, -0.15) is 0 Å². The average Bonchev–Trinajstić information content (AvgIpc) is 3.21. The summed E-state index contributed by atoms with van der Waals surface area (Å²) >= 11 is 0. The van der Waals surface area contributed by atoms with Gasteiger partial charge in [0.1, 0.15) is 11.2 Å². The van der Waals surface area contributed by atoms with Gasteiger partial charge in [-0.15, -0.1) is 5.10 Å². The Morgan fingerprint density at radius 3 is 2.81 bits per heavy atom. The maximum absolute atomic E-state index is 14.3. The monoisotopic (exact) mass is 435 g/mol. The molecule has 0 saturated carbocycles. The maximum atomic E-state index is 14.3. The van der Waals surface area contributed by atoms with Crippen LogP contribution >= 0.6 is 0 Å². The molecule has 0 aliphatic carbocycles. The highest BCUT2D eigenvalue weighted by atomic mass is 19.1. The second-order valence-electron chi connectivity index (χ2n) is 7.87. The lowest BCUT2D eigenvalue weighted by molar-refractivity contribution is -0.134. The van der Waals surface area contributed by atoms with Gasteiger partial charge in [-0.25, -0.2) is 13.9 Å². The molecule has 0 atom stereocenters. The summed E-state index contributed by atoms with van der Waals surface area (Å²) < 4.78 is 21.3. The Morgan fingerprint density at radius 2 is 2.09 bits per heavy atom. The van der Waals surface area contributed by atoms with E-state index < -0.39 is 5.82 Å². The maximum Gasteiger partial charge on any atom is 0.200 e. The summed E-state index contributed by atoms with van der Waals surface area (Å²) in [6.07, 6.45) is 6.17. The van der Waals surface area contributed by atoms with Crippen molar-refractivity contribution in [3.8, 4) is 11.5 Å². The van der Waals surface area contributed by atoms with Crippen molar-refractivity contribution in [1.82, 2.24) is 29.9 Å². The van der Waals surface area contributed by atoms with Crippen molar-refractivity contribution >= 4 is 17.0 Å². The summed E-state index contributed by atoms with van der Waals surface area (Å²) in [4.78, 5) is 12.8. The highest BCUT2D eigenvalue weighted by Gasteiger charge is 2.37. The number of pyridine rings is 2. The molecule has 0 aromatic carbocycles. The summed E-state index contributed by atoms with van der Waals surface area (Å²) in [5.41, 5.74) is 2.29. The first-order valence-electron chi connectivity index (χ1n) is 10.2. The number of aliphatic hydroxyl groups excluding tert-OH is 1. The summed E-state index contributed by atoms with van der Waals surface area (Å²) in [7, 11) is 0. The number of ether oxygens (including phenoxy) is 1. The average molecular weight is 435 g/mol. The van der Waals surface area contributed by atoms with Crippen LogP contribution in [-0.2, 0) is 11.3 Å². The van der Waals surface area contributed by atoms with Crippen LogP contribution in [-0.4, -0.2) is 56.0 Å². The van der Waals surface area contributed by atoms with Gasteiger partial charge in [0.25, 0.3) is 0 Å². The van der Waals surface area contributed by atoms with Crippen LogP contribution in [0.3, 0.4) is 0 Å². The molecule has 1 aliphatic heterocycles. The van der Waals surface area contributed by atoms with Crippen LogP contribution in [0.2, 0.25) is 0 Å². The normalized spacial score (nSPS) is 14.9. The van der Waals surface area contributed by atoms with Gasteiger partial charge in [-0.05, 0) is 29.8 Å². The molecule has 0 unspecified atom stereocenters. The van der Waals surface area contributed by atoms with Gasteiger partial charge in [0.2, 0.25) is 5.82 Å². The van der Waals surface area contributed by atoms with Crippen LogP contribution in [0.4, 0.5) is 15.9 Å². The number of rotatable bonds is 8. The van der Waals surface area contributed by atoms with Crippen molar-refractivity contribution < 1.29 is 14.2 Å². The van der Waals surface area contributed by atoms with Crippen LogP contribution in [0.25, 0.3) is 17.0 Å². The third kappa shape index (κ3) is 3.91. The zero-order chi connectivity index (χ0) is 22.0. The lowest BCUT2D eigenvalue weighted by atomic mass is 9.87. The van der Waals surface area contributed by atoms with Gasteiger partial charge in [-0.3, -0.25) is 9.97 Å². The Bertz CT molecular complexity index is 1220. The van der Waals surface area contributed by atoms with Gasteiger partial charge < -0.3 is 20.5 Å². The topological polar surface area (TPSA) is 109 Å². The van der Waals surface area contributed by atoms with Crippen molar-refractivity contribution in [2.24, 2.45) is 5.41 Å². The first kappa shape index (κ1) is 20.4. The number of fused-ring (bicyclic) bond motifs is 1. The lowest BCUT2D eigenvalue weighted by Gasteiger charge is -2.40. The number of aliphatic hydroxyl groups is 1. The molecule has 4 aromatic rings. The molecular weight excluding hydrogens is 413 g/mol. The molecule has 1 aliphatic rings. The predicted octanol–water partition coefficient (Wildman–Crippen LogP) is 2.17. The Kier molecular flexibility index (Phi) is 5.48. The third-order valence-corrected chi connectivity index (χ3v) is 5.48. The van der Waals surface area contributed by atoms with E-state index in [1.54, 1.807) is 16.8 Å². The van der Waals surface area contributed by atoms with Crippen molar-refractivity contribution in [1.29, 1.82) is 0 Å². The third-order valence-electron chi connectivity index (χ3n) is 5.48. The minimum atomic E-state index is -0.482. The highest BCUT2D eigenvalue weighted by molar-refractivity contribution is 5.78. The fourth-order valence-corrected chi connectivity index (χ4v) is 3.63. The summed E-state index contributed by atoms with van der Waals surface area (Å²) in [6, 6.07) is 8.99. The number of aromatic nitrogens is 5. The number of nitrogens with zero attached hydrogens (tertiary/aromatic N) is 5. The van der Waals surface area contributed by atoms with E-state index in [4.69, 9.17) is 4.74 Å². The summed E-state index contributed by atoms with van der Waals surface area (Å²) in [6.45, 7) is 2.30. The van der Waals surface area contributed by atoms with E-state index in [1.165, 1.54) is 6.20 Å². The van der Waals surface area contributed by atoms with Crippen LogP contribution in [0, 0.1) is 11.2 Å². The molecule has 0 spiro atoms. The first-order valence-corrected chi connectivity index (χ1v) is 10.2. The van der Waals surface area contributed by atoms with E-state index in [-0.39, 0.29) is 17.7 Å². The quantitative estimate of drug-likeness (QED) is 0.386. The molecule has 164 valence electrons. The molecule has 3 N–H and O–H groups in total. The molecule has 1 saturated heterocycles. The van der Waals surface area contributed by atoms with Crippen LogP contribution in [0.5, 0.6) is 0 Å². The number of anilines is 2. The van der Waals surface area contributed by atoms with E-state index in [0.717, 1.165) is 17.3 Å². The molecule has 9 nitrogen and oxygen atoms in total. The SMILES string of the molecule is OCC1(CNCc2ccn3nc(-c4ccccn4)nc(Nc4ccncc4F)c23)COC1. The fourth-order valence-electron chi connectivity index (χ4n) is 3.63. The molecule has 10 heteroatoms. The number of nitrogens with one attached hydrogen (secondary N) is 2. The summed E-state index contributed by atoms with van der Waals surface area (Å²) in [5.74, 6) is 0.386. The van der Waals surface area contributed by atoms with Crippen molar-refractivity contribution in [2.45, 2.75) is 6.54 Å². The van der Waals surface area contributed by atoms with E-state index >= 15 is 0 Å². The Hall–Kier alpha value is -3.47. The predicted molar refractivity (Wildman–Crippen MR) is 116 cm³/mol. The van der Waals surface area contributed by atoms with Crippen LogP contribution < -0.4 is 10.6 Å². The van der Waals surface area contributed by atoms with E-state index in [2.05, 4.69) is 30.7 Å². The second kappa shape index (κ2) is 8.58. The van der Waals surface area contributed by atoms with Gasteiger partial charge >= 0.3 is 0 Å². The van der Waals surface area contributed by atoms with E-state index in [1.807, 2.05) is 30.5 Å². The lowest BCUT2D eigenvalue weighted by Crippen LogP contribution is -2.52. The second-order valence-corrected chi connectivity index (χ2v) is 7.87. The van der Waals surface area contributed by atoms with E-state index in [0.29, 0.717) is 43.6 Å². The zero-order valence-electron chi connectivity index (χ0n) is 17.2. The zero-order valence-corrected chi connectivity index (χ0v) is 17.2.